The topological polar surface area (TPSA) is 25.2 Å². The Balaban J connectivity index is 1.79. The van der Waals surface area contributed by atoms with Crippen molar-refractivity contribution in [3.05, 3.63) is 95.3 Å². The lowest BCUT2D eigenvalue weighted by atomic mass is 9.91. The normalized spacial score (nSPS) is 11.4. The van der Waals surface area contributed by atoms with Crippen molar-refractivity contribution in [2.45, 2.75) is 53.8 Å². The third kappa shape index (κ3) is 6.35. The van der Waals surface area contributed by atoms with Crippen molar-refractivity contribution in [3.63, 3.8) is 0 Å². The van der Waals surface area contributed by atoms with Gasteiger partial charge in [-0.2, -0.15) is 0 Å². The summed E-state index contributed by atoms with van der Waals surface area (Å²) < 4.78 is 2.24. The molecule has 3 aromatic rings. The fraction of sp³-hybridized carbons (Fsp3) is 0.346. The number of aromatic nitrogens is 1. The minimum atomic E-state index is -0.0318. The van der Waals surface area contributed by atoms with Crippen LogP contribution in [-0.2, 0) is 24.4 Å². The summed E-state index contributed by atoms with van der Waals surface area (Å²) in [6.45, 7) is 10.5. The van der Waals surface area contributed by atoms with Gasteiger partial charge in [-0.15, -0.1) is 0 Å². The number of hydrogen-bond donors (Lipinski definition) is 0. The maximum absolute atomic E-state index is 13.1. The maximum atomic E-state index is 13.1. The predicted molar refractivity (Wildman–Crippen MR) is 119 cm³/mol. The number of benzene rings is 2. The van der Waals surface area contributed by atoms with E-state index in [0.717, 1.165) is 17.8 Å². The van der Waals surface area contributed by atoms with E-state index in [9.17, 15) is 4.79 Å². The van der Waals surface area contributed by atoms with Crippen LogP contribution in [0.3, 0.4) is 0 Å². The minimum Gasteiger partial charge on any atom is -0.345 e. The van der Waals surface area contributed by atoms with E-state index in [4.69, 9.17) is 0 Å². The zero-order chi connectivity index (χ0) is 20.9. The molecule has 0 bridgehead atoms. The summed E-state index contributed by atoms with van der Waals surface area (Å²) in [6.07, 6.45) is 2.64. The second-order valence-electron chi connectivity index (χ2n) is 9.09. The first-order valence-electron chi connectivity index (χ1n) is 10.3. The molecule has 0 spiro atoms. The molecule has 0 atom stereocenters. The second-order valence-corrected chi connectivity index (χ2v) is 9.09. The lowest BCUT2D eigenvalue weighted by Crippen LogP contribution is -2.33. The van der Waals surface area contributed by atoms with Gasteiger partial charge in [0.25, 0.3) is 0 Å². The molecule has 0 fully saturated rings. The van der Waals surface area contributed by atoms with E-state index in [0.29, 0.717) is 19.5 Å². The second kappa shape index (κ2) is 9.13. The molecule has 0 aliphatic rings. The third-order valence-electron chi connectivity index (χ3n) is 5.00. The number of amides is 1. The molecule has 1 heterocycles. The van der Waals surface area contributed by atoms with Crippen LogP contribution in [0.2, 0.25) is 0 Å². The summed E-state index contributed by atoms with van der Waals surface area (Å²) in [4.78, 5) is 15.1. The number of aryl methyl sites for hydroxylation is 1. The van der Waals surface area contributed by atoms with Gasteiger partial charge >= 0.3 is 0 Å². The van der Waals surface area contributed by atoms with Gasteiger partial charge in [0.05, 0.1) is 6.54 Å². The fourth-order valence-electron chi connectivity index (χ4n) is 3.43. The average Bonchev–Trinajstić information content (AvgIpc) is 3.09. The van der Waals surface area contributed by atoms with Gasteiger partial charge in [-0.1, -0.05) is 80.9 Å². The van der Waals surface area contributed by atoms with E-state index in [2.05, 4.69) is 87.0 Å². The maximum Gasteiger partial charge on any atom is 0.223 e. The molecule has 1 aromatic heterocycles. The molecule has 3 rings (SSSR count). The average molecular weight is 389 g/mol. The van der Waals surface area contributed by atoms with E-state index in [1.54, 1.807) is 0 Å². The molecular weight excluding hydrogens is 356 g/mol. The number of nitrogens with zero attached hydrogens (tertiary/aromatic N) is 2. The van der Waals surface area contributed by atoms with Gasteiger partial charge in [-0.25, -0.2) is 0 Å². The zero-order valence-corrected chi connectivity index (χ0v) is 18.1. The van der Waals surface area contributed by atoms with Crippen molar-refractivity contribution in [1.29, 1.82) is 0 Å². The van der Waals surface area contributed by atoms with Gasteiger partial charge in [0.2, 0.25) is 5.91 Å². The Labute approximate surface area is 175 Å². The Morgan fingerprint density at radius 2 is 1.55 bits per heavy atom. The smallest absolute Gasteiger partial charge is 0.223 e. The summed E-state index contributed by atoms with van der Waals surface area (Å²) in [5.74, 6) is 0.199. The molecule has 3 heteroatoms. The Kier molecular flexibility index (Phi) is 6.58. The van der Waals surface area contributed by atoms with Crippen molar-refractivity contribution in [2.75, 3.05) is 0 Å². The van der Waals surface area contributed by atoms with Crippen LogP contribution in [0.15, 0.2) is 72.9 Å². The van der Waals surface area contributed by atoms with Crippen LogP contribution in [0, 0.1) is 12.3 Å². The highest BCUT2D eigenvalue weighted by Gasteiger charge is 2.22. The monoisotopic (exact) mass is 388 g/mol. The Bertz CT molecular complexity index is 917. The standard InChI is InChI=1S/C26H32N2O/c1-21-12-14-23(15-13-21)18-27-16-8-11-24(27)20-28(25(29)17-26(2,3)4)19-22-9-6-5-7-10-22/h5-16H,17-20H2,1-4H3. The van der Waals surface area contributed by atoms with E-state index in [1.165, 1.54) is 11.1 Å². The molecule has 29 heavy (non-hydrogen) atoms. The highest BCUT2D eigenvalue weighted by molar-refractivity contribution is 5.76. The molecule has 2 aromatic carbocycles. The minimum absolute atomic E-state index is 0.0318. The Morgan fingerprint density at radius 3 is 2.21 bits per heavy atom. The molecule has 0 N–H and O–H groups in total. The summed E-state index contributed by atoms with van der Waals surface area (Å²) in [5.41, 5.74) is 4.82. The lowest BCUT2D eigenvalue weighted by Gasteiger charge is -2.27. The molecule has 152 valence electrons. The van der Waals surface area contributed by atoms with Crippen LogP contribution in [0.5, 0.6) is 0 Å². The first-order valence-corrected chi connectivity index (χ1v) is 10.3. The van der Waals surface area contributed by atoms with Crippen LogP contribution in [-0.4, -0.2) is 15.4 Å². The molecule has 0 saturated heterocycles. The number of carbonyl (C=O) groups excluding carboxylic acids is 1. The van der Waals surface area contributed by atoms with Crippen molar-refractivity contribution >= 4 is 5.91 Å². The van der Waals surface area contributed by atoms with Crippen LogP contribution in [0.4, 0.5) is 0 Å². The van der Waals surface area contributed by atoms with Crippen molar-refractivity contribution < 1.29 is 4.79 Å². The summed E-state index contributed by atoms with van der Waals surface area (Å²) in [6, 6.07) is 23.1. The van der Waals surface area contributed by atoms with E-state index in [1.807, 2.05) is 23.1 Å². The predicted octanol–water partition coefficient (Wildman–Crippen LogP) is 5.81. The largest absolute Gasteiger partial charge is 0.345 e. The van der Waals surface area contributed by atoms with Crippen molar-refractivity contribution in [3.8, 4) is 0 Å². The van der Waals surface area contributed by atoms with E-state index < -0.39 is 0 Å². The molecule has 1 amide bonds. The molecular formula is C26H32N2O. The first-order chi connectivity index (χ1) is 13.8. The molecule has 0 aliphatic carbocycles. The van der Waals surface area contributed by atoms with Crippen LogP contribution < -0.4 is 0 Å². The highest BCUT2D eigenvalue weighted by Crippen LogP contribution is 2.22. The zero-order valence-electron chi connectivity index (χ0n) is 18.1. The number of hydrogen-bond acceptors (Lipinski definition) is 1. The van der Waals surface area contributed by atoms with E-state index >= 15 is 0 Å². The van der Waals surface area contributed by atoms with Gasteiger partial charge in [0, 0.05) is 31.4 Å². The van der Waals surface area contributed by atoms with Crippen LogP contribution in [0.25, 0.3) is 0 Å². The van der Waals surface area contributed by atoms with Crippen molar-refractivity contribution in [1.82, 2.24) is 9.47 Å². The quantitative estimate of drug-likeness (QED) is 0.501. The van der Waals surface area contributed by atoms with Gasteiger partial charge in [0.1, 0.15) is 0 Å². The van der Waals surface area contributed by atoms with Gasteiger partial charge in [0.15, 0.2) is 0 Å². The van der Waals surface area contributed by atoms with Crippen molar-refractivity contribution in [2.24, 2.45) is 5.41 Å². The summed E-state index contributed by atoms with van der Waals surface area (Å²) in [5, 5.41) is 0. The van der Waals surface area contributed by atoms with E-state index in [-0.39, 0.29) is 11.3 Å². The SMILES string of the molecule is Cc1ccc(Cn2cccc2CN(Cc2ccccc2)C(=O)CC(C)(C)C)cc1. The van der Waals surface area contributed by atoms with Gasteiger partial charge in [-0.05, 0) is 35.6 Å². The first kappa shape index (κ1) is 20.9. The molecule has 0 unspecified atom stereocenters. The molecule has 0 radical (unpaired) electrons. The summed E-state index contributed by atoms with van der Waals surface area (Å²) in [7, 11) is 0. The molecule has 3 nitrogen and oxygen atoms in total. The molecule has 0 aliphatic heterocycles. The highest BCUT2D eigenvalue weighted by atomic mass is 16.2. The van der Waals surface area contributed by atoms with Gasteiger partial charge in [-0.3, -0.25) is 4.79 Å². The number of carbonyl (C=O) groups is 1. The molecule has 0 saturated carbocycles. The van der Waals surface area contributed by atoms with Crippen LogP contribution in [0.1, 0.15) is 49.6 Å². The van der Waals surface area contributed by atoms with Gasteiger partial charge < -0.3 is 9.47 Å². The third-order valence-corrected chi connectivity index (χ3v) is 5.00. The Hall–Kier alpha value is -2.81. The van der Waals surface area contributed by atoms with Crippen LogP contribution >= 0.6 is 0 Å². The number of rotatable bonds is 7. The Morgan fingerprint density at radius 1 is 0.862 bits per heavy atom. The fourth-order valence-corrected chi connectivity index (χ4v) is 3.43. The lowest BCUT2D eigenvalue weighted by molar-refractivity contribution is -0.134. The summed E-state index contributed by atoms with van der Waals surface area (Å²) >= 11 is 0.